The summed E-state index contributed by atoms with van der Waals surface area (Å²) in [7, 11) is 0. The number of amides is 1. The highest BCUT2D eigenvalue weighted by atomic mass is 16.6. The number of alkyl carbamates (subject to hydrolysis) is 1. The summed E-state index contributed by atoms with van der Waals surface area (Å²) >= 11 is 0. The third kappa shape index (κ3) is 4.38. The minimum Gasteiger partial charge on any atom is -0.508 e. The van der Waals surface area contributed by atoms with Crippen LogP contribution in [-0.4, -0.2) is 42.2 Å². The zero-order chi connectivity index (χ0) is 21.4. The van der Waals surface area contributed by atoms with Crippen molar-refractivity contribution in [2.75, 3.05) is 13.2 Å². The number of phenolic OH excluding ortho intramolecular Hbond substituents is 1. The molecule has 0 radical (unpaired) electrons. The molecule has 2 N–H and O–H groups in total. The molecule has 2 aliphatic rings. The molecule has 1 aliphatic carbocycles. The highest BCUT2D eigenvalue weighted by Gasteiger charge is 2.42. The smallest absolute Gasteiger partial charge is 0.407 e. The van der Waals surface area contributed by atoms with E-state index in [0.717, 1.165) is 11.3 Å². The van der Waals surface area contributed by atoms with E-state index in [9.17, 15) is 9.90 Å². The highest BCUT2D eigenvalue weighted by Crippen LogP contribution is 2.40. The van der Waals surface area contributed by atoms with E-state index >= 15 is 0 Å². The van der Waals surface area contributed by atoms with Crippen LogP contribution in [0, 0.1) is 0 Å². The van der Waals surface area contributed by atoms with Gasteiger partial charge < -0.3 is 24.6 Å². The molecule has 6 nitrogen and oxygen atoms in total. The summed E-state index contributed by atoms with van der Waals surface area (Å²) in [4.78, 5) is 11.8. The molecule has 0 atom stereocenters. The monoisotopic (exact) mass is 411 g/mol. The first-order valence-corrected chi connectivity index (χ1v) is 10.4. The number of phenols is 1. The van der Waals surface area contributed by atoms with E-state index in [1.54, 1.807) is 12.1 Å². The molecule has 1 heterocycles. The first kappa shape index (κ1) is 20.5. The Hall–Kier alpha value is -2.73. The number of ether oxygens (including phenoxy) is 3. The fourth-order valence-electron chi connectivity index (χ4n) is 3.83. The standard InChI is InChI=1S/C24H29NO5/c1-23(2,3)25-22(27)30-21-12-20(13-21)29-19-10-6-17(7-11-19)24(14-28-15-24)16-4-8-18(26)9-5-16/h4-11,20-21,26H,12-15H2,1-3H3,(H,25,27). The molecule has 0 aromatic heterocycles. The first-order valence-electron chi connectivity index (χ1n) is 10.4. The Morgan fingerprint density at radius 1 is 1.00 bits per heavy atom. The van der Waals surface area contributed by atoms with Crippen LogP contribution in [0.2, 0.25) is 0 Å². The van der Waals surface area contributed by atoms with Gasteiger partial charge in [0.25, 0.3) is 0 Å². The number of benzene rings is 2. The third-order valence-electron chi connectivity index (χ3n) is 5.63. The molecular weight excluding hydrogens is 382 g/mol. The lowest BCUT2D eigenvalue weighted by atomic mass is 9.73. The number of carbonyl (C=O) groups is 1. The summed E-state index contributed by atoms with van der Waals surface area (Å²) in [6.45, 7) is 7.01. The molecule has 1 aliphatic heterocycles. The van der Waals surface area contributed by atoms with Gasteiger partial charge in [-0.1, -0.05) is 24.3 Å². The van der Waals surface area contributed by atoms with Gasteiger partial charge in [-0.05, 0) is 56.2 Å². The van der Waals surface area contributed by atoms with E-state index in [0.29, 0.717) is 26.1 Å². The fourth-order valence-corrected chi connectivity index (χ4v) is 3.83. The Labute approximate surface area is 177 Å². The lowest BCUT2D eigenvalue weighted by molar-refractivity contribution is -0.0381. The van der Waals surface area contributed by atoms with E-state index in [1.807, 2.05) is 45.0 Å². The second kappa shape index (κ2) is 7.84. The van der Waals surface area contributed by atoms with Crippen molar-refractivity contribution in [3.63, 3.8) is 0 Å². The summed E-state index contributed by atoms with van der Waals surface area (Å²) in [5.74, 6) is 1.07. The molecule has 1 amide bonds. The molecule has 0 unspecified atom stereocenters. The number of carbonyl (C=O) groups excluding carboxylic acids is 1. The Kier molecular flexibility index (Phi) is 5.36. The Bertz CT molecular complexity index is 875. The minimum absolute atomic E-state index is 0.0568. The normalized spacial score (nSPS) is 22.4. The summed E-state index contributed by atoms with van der Waals surface area (Å²) in [5.41, 5.74) is 1.82. The Morgan fingerprint density at radius 2 is 1.57 bits per heavy atom. The topological polar surface area (TPSA) is 77.0 Å². The lowest BCUT2D eigenvalue weighted by Gasteiger charge is -2.42. The van der Waals surface area contributed by atoms with Crippen molar-refractivity contribution in [3.05, 3.63) is 59.7 Å². The average Bonchev–Trinajstić information content (AvgIpc) is 2.60. The Balaban J connectivity index is 1.32. The molecule has 2 aromatic rings. The van der Waals surface area contributed by atoms with Crippen LogP contribution in [0.3, 0.4) is 0 Å². The van der Waals surface area contributed by atoms with E-state index in [4.69, 9.17) is 14.2 Å². The van der Waals surface area contributed by atoms with E-state index < -0.39 is 0 Å². The number of aromatic hydroxyl groups is 1. The first-order chi connectivity index (χ1) is 14.2. The molecular formula is C24H29NO5. The van der Waals surface area contributed by atoms with Crippen LogP contribution in [0.15, 0.2) is 48.5 Å². The van der Waals surface area contributed by atoms with Gasteiger partial charge in [-0.3, -0.25) is 0 Å². The molecule has 30 heavy (non-hydrogen) atoms. The van der Waals surface area contributed by atoms with Gasteiger partial charge >= 0.3 is 6.09 Å². The third-order valence-corrected chi connectivity index (χ3v) is 5.63. The van der Waals surface area contributed by atoms with Crippen LogP contribution in [0.4, 0.5) is 4.79 Å². The van der Waals surface area contributed by atoms with E-state index in [-0.39, 0.29) is 35.0 Å². The van der Waals surface area contributed by atoms with Gasteiger partial charge in [-0.15, -0.1) is 0 Å². The van der Waals surface area contributed by atoms with Crippen molar-refractivity contribution in [3.8, 4) is 11.5 Å². The zero-order valence-corrected chi connectivity index (χ0v) is 17.7. The maximum Gasteiger partial charge on any atom is 0.407 e. The van der Waals surface area contributed by atoms with Gasteiger partial charge in [0.05, 0.1) is 18.6 Å². The molecule has 2 fully saturated rings. The van der Waals surface area contributed by atoms with Gasteiger partial charge in [0.2, 0.25) is 0 Å². The summed E-state index contributed by atoms with van der Waals surface area (Å²) < 4.78 is 17.0. The summed E-state index contributed by atoms with van der Waals surface area (Å²) in [6, 6.07) is 15.4. The van der Waals surface area contributed by atoms with Crippen LogP contribution < -0.4 is 10.1 Å². The van der Waals surface area contributed by atoms with Crippen molar-refractivity contribution in [2.24, 2.45) is 0 Å². The molecule has 0 spiro atoms. The molecule has 2 aromatic carbocycles. The van der Waals surface area contributed by atoms with Crippen molar-refractivity contribution in [2.45, 2.75) is 56.8 Å². The minimum atomic E-state index is -0.377. The van der Waals surface area contributed by atoms with Gasteiger partial charge in [0.15, 0.2) is 0 Å². The number of hydrogen-bond donors (Lipinski definition) is 2. The van der Waals surface area contributed by atoms with Crippen LogP contribution in [0.5, 0.6) is 11.5 Å². The maximum absolute atomic E-state index is 11.8. The number of nitrogens with one attached hydrogen (secondary N) is 1. The summed E-state index contributed by atoms with van der Waals surface area (Å²) in [6.07, 6.45) is 0.982. The maximum atomic E-state index is 11.8. The van der Waals surface area contributed by atoms with Crippen molar-refractivity contribution < 1.29 is 24.1 Å². The lowest BCUT2D eigenvalue weighted by Crippen LogP contribution is -2.47. The molecule has 160 valence electrons. The molecule has 6 heteroatoms. The van der Waals surface area contributed by atoms with Crippen molar-refractivity contribution >= 4 is 6.09 Å². The van der Waals surface area contributed by atoms with Gasteiger partial charge in [0.1, 0.15) is 23.7 Å². The predicted octanol–water partition coefficient (Wildman–Crippen LogP) is 4.14. The van der Waals surface area contributed by atoms with Gasteiger partial charge in [-0.2, -0.15) is 0 Å². The molecule has 0 bridgehead atoms. The van der Waals surface area contributed by atoms with Crippen LogP contribution >= 0.6 is 0 Å². The average molecular weight is 411 g/mol. The fraction of sp³-hybridized carbons (Fsp3) is 0.458. The molecule has 1 saturated carbocycles. The summed E-state index contributed by atoms with van der Waals surface area (Å²) in [5, 5.41) is 12.4. The highest BCUT2D eigenvalue weighted by molar-refractivity contribution is 5.68. The molecule has 4 rings (SSSR count). The number of rotatable bonds is 5. The second-order valence-electron chi connectivity index (χ2n) is 9.26. The number of hydrogen-bond acceptors (Lipinski definition) is 5. The van der Waals surface area contributed by atoms with Crippen LogP contribution in [-0.2, 0) is 14.9 Å². The second-order valence-corrected chi connectivity index (χ2v) is 9.26. The van der Waals surface area contributed by atoms with Gasteiger partial charge in [-0.25, -0.2) is 4.79 Å². The Morgan fingerprint density at radius 3 is 2.07 bits per heavy atom. The van der Waals surface area contributed by atoms with E-state index in [2.05, 4.69) is 17.4 Å². The van der Waals surface area contributed by atoms with Crippen molar-refractivity contribution in [1.29, 1.82) is 0 Å². The zero-order valence-electron chi connectivity index (χ0n) is 17.7. The van der Waals surface area contributed by atoms with E-state index in [1.165, 1.54) is 5.56 Å². The van der Waals surface area contributed by atoms with Crippen molar-refractivity contribution in [1.82, 2.24) is 5.32 Å². The SMILES string of the molecule is CC(C)(C)NC(=O)OC1CC(Oc2ccc(C3(c4ccc(O)cc4)COC3)cc2)C1. The van der Waals surface area contributed by atoms with Crippen LogP contribution in [0.1, 0.15) is 44.7 Å². The van der Waals surface area contributed by atoms with Crippen LogP contribution in [0.25, 0.3) is 0 Å². The quantitative estimate of drug-likeness (QED) is 0.773. The molecule has 1 saturated heterocycles. The largest absolute Gasteiger partial charge is 0.508 e. The van der Waals surface area contributed by atoms with Gasteiger partial charge in [0, 0.05) is 18.4 Å². The predicted molar refractivity (Wildman–Crippen MR) is 113 cm³/mol.